The van der Waals surface area contributed by atoms with Gasteiger partial charge in [0.1, 0.15) is 12.2 Å². The van der Waals surface area contributed by atoms with Gasteiger partial charge >= 0.3 is 0 Å². The van der Waals surface area contributed by atoms with Gasteiger partial charge in [0.15, 0.2) is 0 Å². The zero-order chi connectivity index (χ0) is 12.4. The van der Waals surface area contributed by atoms with Gasteiger partial charge in [0.2, 0.25) is 0 Å². The third-order valence-electron chi connectivity index (χ3n) is 2.82. The fourth-order valence-corrected chi connectivity index (χ4v) is 1.87. The fourth-order valence-electron chi connectivity index (χ4n) is 1.87. The number of halogens is 2. The van der Waals surface area contributed by atoms with Gasteiger partial charge in [-0.15, -0.1) is 0 Å². The van der Waals surface area contributed by atoms with E-state index in [0.717, 1.165) is 16.3 Å². The molecule has 0 saturated carbocycles. The molecule has 0 aliphatic heterocycles. The second kappa shape index (κ2) is 4.62. The van der Waals surface area contributed by atoms with Crippen LogP contribution in [-0.2, 0) is 4.79 Å². The molecule has 0 bridgehead atoms. The van der Waals surface area contributed by atoms with Crippen LogP contribution in [0.2, 0.25) is 0 Å². The first-order valence-electron chi connectivity index (χ1n) is 5.35. The van der Waals surface area contributed by atoms with Crippen LogP contribution < -0.4 is 0 Å². The van der Waals surface area contributed by atoms with E-state index in [1.807, 2.05) is 25.1 Å². The standard InChI is InChI=1S/C14H12F2O/c1-9-2-3-11-7-12(5-4-10(11)6-9)13(8-17)14(15)16/h2-8,13-14H,1H3. The molecule has 0 aliphatic carbocycles. The van der Waals surface area contributed by atoms with E-state index in [0.29, 0.717) is 11.8 Å². The van der Waals surface area contributed by atoms with Crippen molar-refractivity contribution in [3.05, 3.63) is 47.5 Å². The lowest BCUT2D eigenvalue weighted by Gasteiger charge is -2.10. The summed E-state index contributed by atoms with van der Waals surface area (Å²) in [7, 11) is 0. The molecule has 0 aromatic heterocycles. The molecule has 1 nitrogen and oxygen atoms in total. The molecule has 1 atom stereocenters. The molecule has 2 rings (SSSR count). The lowest BCUT2D eigenvalue weighted by Crippen LogP contribution is -2.10. The van der Waals surface area contributed by atoms with Gasteiger partial charge < -0.3 is 4.79 Å². The molecule has 0 fully saturated rings. The number of hydrogen-bond donors (Lipinski definition) is 0. The molecule has 1 unspecified atom stereocenters. The summed E-state index contributed by atoms with van der Waals surface area (Å²) in [6.45, 7) is 1.97. The number of aldehydes is 1. The van der Waals surface area contributed by atoms with E-state index >= 15 is 0 Å². The Labute approximate surface area is 98.1 Å². The van der Waals surface area contributed by atoms with E-state index in [-0.39, 0.29) is 0 Å². The molecular formula is C14H12F2O. The van der Waals surface area contributed by atoms with Gasteiger partial charge in [0.25, 0.3) is 6.43 Å². The maximum Gasteiger partial charge on any atom is 0.252 e. The first-order chi connectivity index (χ1) is 8.11. The van der Waals surface area contributed by atoms with Gasteiger partial charge in [-0.2, -0.15) is 0 Å². The molecule has 0 N–H and O–H groups in total. The number of fused-ring (bicyclic) bond motifs is 1. The van der Waals surface area contributed by atoms with Crippen LogP contribution in [-0.4, -0.2) is 12.7 Å². The lowest BCUT2D eigenvalue weighted by atomic mass is 9.97. The second-order valence-corrected chi connectivity index (χ2v) is 4.11. The van der Waals surface area contributed by atoms with Crippen LogP contribution in [0.15, 0.2) is 36.4 Å². The molecule has 0 amide bonds. The highest BCUT2D eigenvalue weighted by atomic mass is 19.3. The minimum atomic E-state index is -2.66. The quantitative estimate of drug-likeness (QED) is 0.740. The Morgan fingerprint density at radius 3 is 2.35 bits per heavy atom. The highest BCUT2D eigenvalue weighted by Crippen LogP contribution is 2.25. The predicted molar refractivity (Wildman–Crippen MR) is 63.5 cm³/mol. The summed E-state index contributed by atoms with van der Waals surface area (Å²) in [6, 6.07) is 10.8. The molecule has 2 aromatic carbocycles. The van der Waals surface area contributed by atoms with Gasteiger partial charge in [-0.1, -0.05) is 42.0 Å². The smallest absolute Gasteiger partial charge is 0.252 e. The molecule has 0 spiro atoms. The van der Waals surface area contributed by atoms with Crippen LogP contribution in [0.1, 0.15) is 17.0 Å². The van der Waals surface area contributed by atoms with Crippen molar-refractivity contribution in [2.75, 3.05) is 0 Å². The van der Waals surface area contributed by atoms with Gasteiger partial charge in [0, 0.05) is 0 Å². The molecule has 0 aliphatic rings. The van der Waals surface area contributed by atoms with Crippen molar-refractivity contribution in [1.82, 2.24) is 0 Å². The number of carbonyl (C=O) groups excluding carboxylic acids is 1. The summed E-state index contributed by atoms with van der Waals surface area (Å²) < 4.78 is 25.2. The molecule has 0 heterocycles. The number of benzene rings is 2. The Balaban J connectivity index is 2.50. The van der Waals surface area contributed by atoms with Gasteiger partial charge in [-0.05, 0) is 23.3 Å². The minimum Gasteiger partial charge on any atom is -0.302 e. The van der Waals surface area contributed by atoms with Crippen LogP contribution in [0.4, 0.5) is 8.78 Å². The second-order valence-electron chi connectivity index (χ2n) is 4.11. The highest BCUT2D eigenvalue weighted by Gasteiger charge is 2.21. The summed E-state index contributed by atoms with van der Waals surface area (Å²) in [5, 5.41) is 1.87. The summed E-state index contributed by atoms with van der Waals surface area (Å²) in [6.07, 6.45) is -2.35. The topological polar surface area (TPSA) is 17.1 Å². The molecule has 88 valence electrons. The Hall–Kier alpha value is -1.77. The normalized spacial score (nSPS) is 12.9. The summed E-state index contributed by atoms with van der Waals surface area (Å²) >= 11 is 0. The van der Waals surface area contributed by atoms with E-state index in [1.54, 1.807) is 18.2 Å². The fraction of sp³-hybridized carbons (Fsp3) is 0.214. The molecule has 3 heteroatoms. The predicted octanol–water partition coefficient (Wildman–Crippen LogP) is 3.70. The third kappa shape index (κ3) is 2.33. The number of alkyl halides is 2. The van der Waals surface area contributed by atoms with E-state index < -0.39 is 12.3 Å². The average molecular weight is 234 g/mol. The van der Waals surface area contributed by atoms with E-state index in [9.17, 15) is 13.6 Å². The Bertz CT molecular complexity index is 549. The molecule has 2 aromatic rings. The zero-order valence-electron chi connectivity index (χ0n) is 9.36. The molecule has 17 heavy (non-hydrogen) atoms. The summed E-state index contributed by atoms with van der Waals surface area (Å²) in [5.41, 5.74) is 1.48. The highest BCUT2D eigenvalue weighted by molar-refractivity contribution is 5.84. The van der Waals surface area contributed by atoms with Crippen molar-refractivity contribution in [2.24, 2.45) is 0 Å². The molecular weight excluding hydrogens is 222 g/mol. The van der Waals surface area contributed by atoms with Gasteiger partial charge in [-0.25, -0.2) is 8.78 Å². The maximum absolute atomic E-state index is 12.6. The van der Waals surface area contributed by atoms with Crippen LogP contribution in [0.25, 0.3) is 10.8 Å². The first-order valence-corrected chi connectivity index (χ1v) is 5.35. The molecule has 0 radical (unpaired) electrons. The van der Waals surface area contributed by atoms with Crippen LogP contribution in [0.5, 0.6) is 0 Å². The number of aryl methyl sites for hydroxylation is 1. The Kier molecular flexibility index (Phi) is 3.18. The number of rotatable bonds is 3. The van der Waals surface area contributed by atoms with Crippen LogP contribution in [0.3, 0.4) is 0 Å². The third-order valence-corrected chi connectivity index (χ3v) is 2.82. The Morgan fingerprint density at radius 1 is 1.06 bits per heavy atom. The monoisotopic (exact) mass is 234 g/mol. The van der Waals surface area contributed by atoms with Gasteiger partial charge in [0.05, 0.1) is 0 Å². The number of hydrogen-bond acceptors (Lipinski definition) is 1. The van der Waals surface area contributed by atoms with E-state index in [1.165, 1.54) is 0 Å². The van der Waals surface area contributed by atoms with E-state index in [4.69, 9.17) is 0 Å². The average Bonchev–Trinajstić information content (AvgIpc) is 2.29. The van der Waals surface area contributed by atoms with Crippen molar-refractivity contribution in [3.63, 3.8) is 0 Å². The van der Waals surface area contributed by atoms with Gasteiger partial charge in [-0.3, -0.25) is 0 Å². The maximum atomic E-state index is 12.6. The summed E-state index contributed by atoms with van der Waals surface area (Å²) in [5.74, 6) is -1.33. The van der Waals surface area contributed by atoms with Crippen molar-refractivity contribution in [2.45, 2.75) is 19.3 Å². The largest absolute Gasteiger partial charge is 0.302 e. The van der Waals surface area contributed by atoms with Crippen molar-refractivity contribution < 1.29 is 13.6 Å². The molecule has 0 saturated heterocycles. The van der Waals surface area contributed by atoms with Crippen molar-refractivity contribution in [3.8, 4) is 0 Å². The van der Waals surface area contributed by atoms with Crippen LogP contribution >= 0.6 is 0 Å². The summed E-state index contributed by atoms with van der Waals surface area (Å²) in [4.78, 5) is 10.7. The first kappa shape index (κ1) is 11.7. The number of carbonyl (C=O) groups is 1. The zero-order valence-corrected chi connectivity index (χ0v) is 9.36. The lowest BCUT2D eigenvalue weighted by molar-refractivity contribution is -0.111. The van der Waals surface area contributed by atoms with Crippen molar-refractivity contribution in [1.29, 1.82) is 0 Å². The van der Waals surface area contributed by atoms with Crippen LogP contribution in [0, 0.1) is 6.92 Å². The van der Waals surface area contributed by atoms with E-state index in [2.05, 4.69) is 0 Å². The Morgan fingerprint density at radius 2 is 1.71 bits per heavy atom. The minimum absolute atomic E-state index is 0.306. The SMILES string of the molecule is Cc1ccc2cc(C(C=O)C(F)F)ccc2c1. The van der Waals surface area contributed by atoms with Crippen molar-refractivity contribution >= 4 is 17.1 Å².